The predicted octanol–water partition coefficient (Wildman–Crippen LogP) is 11.2. The number of hydrogen-bond acceptors (Lipinski definition) is 9. The van der Waals surface area contributed by atoms with Crippen LogP contribution in [0.4, 0.5) is 13.9 Å². The number of benzene rings is 6. The van der Waals surface area contributed by atoms with E-state index in [0.717, 1.165) is 33.5 Å². The maximum absolute atomic E-state index is 13.7. The molecule has 0 aliphatic rings. The fourth-order valence-electron chi connectivity index (χ4n) is 8.19. The van der Waals surface area contributed by atoms with Gasteiger partial charge in [0.25, 0.3) is 23.6 Å². The topological polar surface area (TPSA) is 182 Å². The van der Waals surface area contributed by atoms with E-state index >= 15 is 0 Å². The molecule has 0 aliphatic carbocycles. The summed E-state index contributed by atoms with van der Waals surface area (Å²) in [7, 11) is 1.53. The van der Waals surface area contributed by atoms with Gasteiger partial charge in [-0.25, -0.2) is 13.8 Å². The van der Waals surface area contributed by atoms with Gasteiger partial charge in [0.2, 0.25) is 0 Å². The maximum atomic E-state index is 13.7. The zero-order chi connectivity index (χ0) is 48.5. The number of rotatable bonds is 13. The number of pyridine rings is 1. The van der Waals surface area contributed by atoms with E-state index in [1.807, 2.05) is 47.8 Å². The van der Waals surface area contributed by atoms with E-state index in [2.05, 4.69) is 25.9 Å². The molecule has 0 aliphatic heterocycles. The van der Waals surface area contributed by atoms with Crippen molar-refractivity contribution in [3.8, 4) is 44.9 Å². The lowest BCUT2D eigenvalue weighted by molar-refractivity contribution is 0.0946. The van der Waals surface area contributed by atoms with Gasteiger partial charge in [-0.1, -0.05) is 42.5 Å². The second kappa shape index (κ2) is 18.9. The normalized spacial score (nSPS) is 11.2. The van der Waals surface area contributed by atoms with Crippen molar-refractivity contribution in [1.29, 1.82) is 0 Å². The second-order valence-electron chi connectivity index (χ2n) is 16.3. The van der Waals surface area contributed by atoms with E-state index in [0.29, 0.717) is 72.8 Å². The number of furan rings is 2. The van der Waals surface area contributed by atoms with Gasteiger partial charge in [-0.3, -0.25) is 29.5 Å². The number of thiazole rings is 1. The number of anilines is 1. The van der Waals surface area contributed by atoms with Crippen molar-refractivity contribution in [2.24, 2.45) is 5.73 Å². The number of nitrogens with zero attached hydrogens (tertiary/aromatic N) is 2. The van der Waals surface area contributed by atoms with Crippen LogP contribution in [0.25, 0.3) is 66.8 Å². The third-order valence-electron chi connectivity index (χ3n) is 11.7. The van der Waals surface area contributed by atoms with Crippen LogP contribution < -0.4 is 21.7 Å². The lowest BCUT2D eigenvalue weighted by Crippen LogP contribution is -2.22. The van der Waals surface area contributed by atoms with Gasteiger partial charge in [0, 0.05) is 70.3 Å². The van der Waals surface area contributed by atoms with Crippen LogP contribution in [0.15, 0.2) is 166 Å². The van der Waals surface area contributed by atoms with Crippen LogP contribution in [0.2, 0.25) is 0 Å². The van der Waals surface area contributed by atoms with Crippen LogP contribution in [-0.2, 0) is 13.0 Å². The molecule has 10 rings (SSSR count). The summed E-state index contributed by atoms with van der Waals surface area (Å²) in [6.45, 7) is 0.229. The largest absolute Gasteiger partial charge is 0.455 e. The molecule has 4 aromatic heterocycles. The molecule has 12 nitrogen and oxygen atoms in total. The summed E-state index contributed by atoms with van der Waals surface area (Å²) in [4.78, 5) is 61.7. The molecule has 0 fully saturated rings. The highest BCUT2D eigenvalue weighted by atomic mass is 32.1. The highest BCUT2D eigenvalue weighted by molar-refractivity contribution is 7.14. The van der Waals surface area contributed by atoms with Crippen LogP contribution in [0.1, 0.15) is 58.4 Å². The van der Waals surface area contributed by atoms with Gasteiger partial charge in [-0.2, -0.15) is 0 Å². The molecule has 0 saturated heterocycles. The molecule has 0 spiro atoms. The molecule has 6 aromatic carbocycles. The van der Waals surface area contributed by atoms with Crippen molar-refractivity contribution in [3.63, 3.8) is 0 Å². The first-order chi connectivity index (χ1) is 34.0. The van der Waals surface area contributed by atoms with Crippen LogP contribution in [0.3, 0.4) is 0 Å². The molecule has 4 heterocycles. The minimum Gasteiger partial charge on any atom is -0.455 e. The molecule has 15 heteroatoms. The SMILES string of the molecule is CNC(=O)c1c(-c2ccc(F)cc2)oc2ccc(-c3cccc(C(=O)Nc4nc(Cc5ccc(CNC(=O)c6cccc(-c7ccc8oc(-c9ccc(F)cc9)c(C(N)=O)c8c7)c6)cn5)cs4)c3)cc12. The van der Waals surface area contributed by atoms with E-state index in [-0.39, 0.29) is 35.6 Å². The number of carbonyl (C=O) groups is 4. The summed E-state index contributed by atoms with van der Waals surface area (Å²) in [5.74, 6) is -1.93. The fraction of sp³-hybridized carbons (Fsp3) is 0.0545. The number of hydrogen-bond donors (Lipinski definition) is 4. The third kappa shape index (κ3) is 9.16. The number of aromatic nitrogens is 2. The van der Waals surface area contributed by atoms with Gasteiger partial charge in [0.15, 0.2) is 5.13 Å². The maximum Gasteiger partial charge on any atom is 0.257 e. The molecule has 4 amide bonds. The van der Waals surface area contributed by atoms with E-state index < -0.39 is 17.5 Å². The van der Waals surface area contributed by atoms with Gasteiger partial charge in [-0.05, 0) is 131 Å². The van der Waals surface area contributed by atoms with Gasteiger partial charge in [0.05, 0.1) is 16.8 Å². The highest BCUT2D eigenvalue weighted by Gasteiger charge is 2.24. The van der Waals surface area contributed by atoms with Crippen LogP contribution in [0.5, 0.6) is 0 Å². The van der Waals surface area contributed by atoms with E-state index in [1.54, 1.807) is 72.9 Å². The monoisotopic (exact) mass is 948 g/mol. The number of nitrogens with one attached hydrogen (secondary N) is 3. The van der Waals surface area contributed by atoms with Crippen molar-refractivity contribution in [2.45, 2.75) is 13.0 Å². The minimum atomic E-state index is -0.686. The minimum absolute atomic E-state index is 0.181. The second-order valence-corrected chi connectivity index (χ2v) is 17.1. The Morgan fingerprint density at radius 3 is 1.70 bits per heavy atom. The number of carbonyl (C=O) groups excluding carboxylic acids is 4. The van der Waals surface area contributed by atoms with Crippen LogP contribution in [-0.4, -0.2) is 40.6 Å². The molecule has 0 radical (unpaired) electrons. The quantitative estimate of drug-likeness (QED) is 0.0880. The first kappa shape index (κ1) is 44.7. The van der Waals surface area contributed by atoms with Crippen molar-refractivity contribution in [3.05, 3.63) is 208 Å². The first-order valence-corrected chi connectivity index (χ1v) is 22.7. The van der Waals surface area contributed by atoms with Crippen molar-refractivity contribution in [2.75, 3.05) is 12.4 Å². The Balaban J connectivity index is 0.762. The van der Waals surface area contributed by atoms with Crippen molar-refractivity contribution >= 4 is 62.0 Å². The number of primary amides is 1. The number of fused-ring (bicyclic) bond motifs is 2. The molecular formula is C55H38F2N6O6S. The van der Waals surface area contributed by atoms with Gasteiger partial charge < -0.3 is 25.2 Å². The Labute approximate surface area is 401 Å². The summed E-state index contributed by atoms with van der Waals surface area (Å²) in [6.07, 6.45) is 2.11. The van der Waals surface area contributed by atoms with Gasteiger partial charge >= 0.3 is 0 Å². The molecular weight excluding hydrogens is 911 g/mol. The summed E-state index contributed by atoms with van der Waals surface area (Å²) >= 11 is 1.30. The lowest BCUT2D eigenvalue weighted by atomic mass is 9.99. The number of amides is 4. The van der Waals surface area contributed by atoms with E-state index in [9.17, 15) is 28.0 Å². The molecule has 344 valence electrons. The Hall–Kier alpha value is -9.08. The standard InChI is InChI=1S/C55H38F2N6O6S/c1-59-54(67)48-44-25-36(14-21-46(44)69-50(48)32-11-17-40(57)18-12-32)34-5-3-7-38(23-34)53(66)63-55-62-42(29-70-55)26-41-19-8-30(27-60-41)28-61-52(65)37-6-2-4-33(22-37)35-13-20-45-43(24-35)47(51(58)64)49(68-45)31-9-15-39(56)16-10-31/h2-25,27,29H,26,28H2,1H3,(H2,58,64)(H,59,67)(H,61,65)(H,62,63,66). The summed E-state index contributed by atoms with van der Waals surface area (Å²) < 4.78 is 39.4. The Morgan fingerprint density at radius 1 is 0.600 bits per heavy atom. The first-order valence-electron chi connectivity index (χ1n) is 21.8. The smallest absolute Gasteiger partial charge is 0.257 e. The molecule has 10 aromatic rings. The Kier molecular flexibility index (Phi) is 12.1. The predicted molar refractivity (Wildman–Crippen MR) is 264 cm³/mol. The van der Waals surface area contributed by atoms with Crippen LogP contribution in [0, 0.1) is 11.6 Å². The zero-order valence-corrected chi connectivity index (χ0v) is 37.8. The Morgan fingerprint density at radius 2 is 1.14 bits per heavy atom. The van der Waals surface area contributed by atoms with Crippen molar-refractivity contribution < 1.29 is 36.8 Å². The molecule has 0 unspecified atom stereocenters. The third-order valence-corrected chi connectivity index (χ3v) is 12.5. The number of halogens is 2. The molecule has 0 atom stereocenters. The average molecular weight is 949 g/mol. The van der Waals surface area contributed by atoms with Crippen molar-refractivity contribution in [1.82, 2.24) is 20.6 Å². The lowest BCUT2D eigenvalue weighted by Gasteiger charge is -2.08. The van der Waals surface area contributed by atoms with E-state index in [1.165, 1.54) is 54.8 Å². The molecule has 5 N–H and O–H groups in total. The summed E-state index contributed by atoms with van der Waals surface area (Å²) in [5.41, 5.74) is 14.3. The van der Waals surface area contributed by atoms with Crippen LogP contribution >= 0.6 is 11.3 Å². The highest BCUT2D eigenvalue weighted by Crippen LogP contribution is 2.38. The molecule has 0 bridgehead atoms. The summed E-state index contributed by atoms with van der Waals surface area (Å²) in [5, 5.41) is 11.9. The molecule has 70 heavy (non-hydrogen) atoms. The van der Waals surface area contributed by atoms with E-state index in [4.69, 9.17) is 14.6 Å². The van der Waals surface area contributed by atoms with Gasteiger partial charge in [0.1, 0.15) is 34.3 Å². The average Bonchev–Trinajstić information content (AvgIpc) is 4.11. The van der Waals surface area contributed by atoms with Gasteiger partial charge in [-0.15, -0.1) is 11.3 Å². The molecule has 0 saturated carbocycles. The summed E-state index contributed by atoms with van der Waals surface area (Å²) in [6, 6.07) is 40.1. The number of nitrogens with two attached hydrogens (primary N) is 1. The Bertz CT molecular complexity index is 3660. The fourth-order valence-corrected chi connectivity index (χ4v) is 8.89. The zero-order valence-electron chi connectivity index (χ0n) is 37.0.